The highest BCUT2D eigenvalue weighted by atomic mass is 19.2. The van der Waals surface area contributed by atoms with Crippen LogP contribution in [0.5, 0.6) is 0 Å². The van der Waals surface area contributed by atoms with Gasteiger partial charge in [0, 0.05) is 0 Å². The number of aliphatic hydroxyl groups is 1. The number of carbonyl (C=O) groups excluding carboxylic acids is 1. The molecule has 0 bridgehead atoms. The first-order valence-electron chi connectivity index (χ1n) is 5.54. The van der Waals surface area contributed by atoms with E-state index in [2.05, 4.69) is 5.32 Å². The Balaban J connectivity index is 2.35. The second kappa shape index (κ2) is 4.58. The number of benzene rings is 1. The van der Waals surface area contributed by atoms with Gasteiger partial charge < -0.3 is 15.5 Å². The molecule has 5 nitrogen and oxygen atoms in total. The topological polar surface area (TPSA) is 86.6 Å². The SMILES string of the molecule is O=C(O)c1cc(F)c(F)cc1C(=O)NC1(CO)CC1. The Kier molecular flexibility index (Phi) is 3.23. The summed E-state index contributed by atoms with van der Waals surface area (Å²) in [6, 6.07) is 1.01. The Bertz CT molecular complexity index is 555. The minimum absolute atomic E-state index is 0.287. The van der Waals surface area contributed by atoms with Gasteiger partial charge in [-0.15, -0.1) is 0 Å². The molecule has 0 saturated heterocycles. The van der Waals surface area contributed by atoms with Gasteiger partial charge in [0.25, 0.3) is 5.91 Å². The Morgan fingerprint density at radius 2 is 1.74 bits per heavy atom. The number of hydrogen-bond acceptors (Lipinski definition) is 3. The zero-order valence-electron chi connectivity index (χ0n) is 9.74. The Hall–Kier alpha value is -2.02. The summed E-state index contributed by atoms with van der Waals surface area (Å²) in [5, 5.41) is 20.4. The van der Waals surface area contributed by atoms with Crippen molar-refractivity contribution in [2.75, 3.05) is 6.61 Å². The Morgan fingerprint density at radius 1 is 1.21 bits per heavy atom. The Morgan fingerprint density at radius 3 is 2.16 bits per heavy atom. The van der Waals surface area contributed by atoms with Crippen LogP contribution in [0, 0.1) is 11.6 Å². The first-order chi connectivity index (χ1) is 8.88. The van der Waals surface area contributed by atoms with Crippen LogP contribution in [0.25, 0.3) is 0 Å². The zero-order valence-corrected chi connectivity index (χ0v) is 9.74. The molecule has 1 aliphatic rings. The highest BCUT2D eigenvalue weighted by molar-refractivity contribution is 6.05. The molecular weight excluding hydrogens is 260 g/mol. The van der Waals surface area contributed by atoms with Crippen molar-refractivity contribution < 1.29 is 28.6 Å². The second-order valence-corrected chi connectivity index (χ2v) is 4.51. The lowest BCUT2D eigenvalue weighted by Crippen LogP contribution is -2.40. The van der Waals surface area contributed by atoms with E-state index in [1.807, 2.05) is 0 Å². The van der Waals surface area contributed by atoms with Crippen LogP contribution < -0.4 is 5.32 Å². The average molecular weight is 271 g/mol. The maximum absolute atomic E-state index is 13.1. The van der Waals surface area contributed by atoms with E-state index in [4.69, 9.17) is 10.2 Å². The third kappa shape index (κ3) is 2.55. The van der Waals surface area contributed by atoms with Crippen LogP contribution in [-0.2, 0) is 0 Å². The molecule has 1 aromatic carbocycles. The fourth-order valence-corrected chi connectivity index (χ4v) is 1.69. The standard InChI is InChI=1S/C12H11F2NO4/c13-8-3-6(7(11(18)19)4-9(8)14)10(17)15-12(5-16)1-2-12/h3-4,16H,1-2,5H2,(H,15,17)(H,18,19). The highest BCUT2D eigenvalue weighted by Crippen LogP contribution is 2.35. The maximum Gasteiger partial charge on any atom is 0.336 e. The van der Waals surface area contributed by atoms with E-state index in [0.717, 1.165) is 0 Å². The van der Waals surface area contributed by atoms with Gasteiger partial charge in [-0.3, -0.25) is 4.79 Å². The van der Waals surface area contributed by atoms with Crippen LogP contribution in [0.3, 0.4) is 0 Å². The summed E-state index contributed by atoms with van der Waals surface area (Å²) < 4.78 is 26.1. The fourth-order valence-electron chi connectivity index (χ4n) is 1.69. The van der Waals surface area contributed by atoms with Gasteiger partial charge in [0.1, 0.15) is 0 Å². The minimum Gasteiger partial charge on any atom is -0.478 e. The first-order valence-corrected chi connectivity index (χ1v) is 5.54. The van der Waals surface area contributed by atoms with Crippen LogP contribution in [0.2, 0.25) is 0 Å². The van der Waals surface area contributed by atoms with E-state index in [0.29, 0.717) is 25.0 Å². The molecule has 1 saturated carbocycles. The summed E-state index contributed by atoms with van der Waals surface area (Å²) in [5.74, 6) is -5.01. The normalized spacial score (nSPS) is 15.9. The van der Waals surface area contributed by atoms with Gasteiger partial charge in [0.15, 0.2) is 11.6 Å². The molecule has 102 valence electrons. The molecule has 0 aliphatic heterocycles. The van der Waals surface area contributed by atoms with Crippen molar-refractivity contribution in [2.45, 2.75) is 18.4 Å². The number of carbonyl (C=O) groups is 2. The lowest BCUT2D eigenvalue weighted by Gasteiger charge is -2.15. The maximum atomic E-state index is 13.1. The van der Waals surface area contributed by atoms with Crippen molar-refractivity contribution in [3.05, 3.63) is 34.9 Å². The van der Waals surface area contributed by atoms with E-state index >= 15 is 0 Å². The van der Waals surface area contributed by atoms with Crippen LogP contribution in [0.4, 0.5) is 8.78 Å². The molecule has 1 aromatic rings. The number of aliphatic hydroxyl groups excluding tert-OH is 1. The average Bonchev–Trinajstić information content (AvgIpc) is 3.12. The van der Waals surface area contributed by atoms with Gasteiger partial charge >= 0.3 is 5.97 Å². The number of aromatic carboxylic acids is 1. The van der Waals surface area contributed by atoms with E-state index in [-0.39, 0.29) is 6.61 Å². The monoisotopic (exact) mass is 271 g/mol. The number of rotatable bonds is 4. The van der Waals surface area contributed by atoms with E-state index < -0.39 is 40.2 Å². The van der Waals surface area contributed by atoms with Crippen LogP contribution in [0.1, 0.15) is 33.6 Å². The smallest absolute Gasteiger partial charge is 0.336 e. The number of carboxylic acids is 1. The lowest BCUT2D eigenvalue weighted by atomic mass is 10.1. The largest absolute Gasteiger partial charge is 0.478 e. The van der Waals surface area contributed by atoms with Gasteiger partial charge in [-0.1, -0.05) is 0 Å². The molecule has 0 heterocycles. The summed E-state index contributed by atoms with van der Waals surface area (Å²) in [4.78, 5) is 22.8. The van der Waals surface area contributed by atoms with Crippen molar-refractivity contribution in [3.63, 3.8) is 0 Å². The molecule has 19 heavy (non-hydrogen) atoms. The molecule has 1 amide bonds. The predicted octanol–water partition coefficient (Wildman–Crippen LogP) is 0.918. The van der Waals surface area contributed by atoms with Gasteiger partial charge in [0.2, 0.25) is 0 Å². The van der Waals surface area contributed by atoms with Crippen LogP contribution >= 0.6 is 0 Å². The molecular formula is C12H11F2NO4. The summed E-state index contributed by atoms with van der Waals surface area (Å²) >= 11 is 0. The van der Waals surface area contributed by atoms with Crippen molar-refractivity contribution >= 4 is 11.9 Å². The van der Waals surface area contributed by atoms with Gasteiger partial charge in [-0.2, -0.15) is 0 Å². The van der Waals surface area contributed by atoms with Gasteiger partial charge in [-0.25, -0.2) is 13.6 Å². The van der Waals surface area contributed by atoms with Crippen molar-refractivity contribution in [1.82, 2.24) is 5.32 Å². The molecule has 7 heteroatoms. The minimum atomic E-state index is -1.53. The molecule has 1 fully saturated rings. The third-order valence-corrected chi connectivity index (χ3v) is 3.07. The predicted molar refractivity (Wildman–Crippen MR) is 59.8 cm³/mol. The van der Waals surface area contributed by atoms with E-state index in [1.165, 1.54) is 0 Å². The summed E-state index contributed by atoms with van der Waals surface area (Å²) in [6.45, 7) is -0.287. The highest BCUT2D eigenvalue weighted by Gasteiger charge is 2.44. The number of carboxylic acid groups (broad SMARTS) is 1. The van der Waals surface area contributed by atoms with E-state index in [9.17, 15) is 18.4 Å². The van der Waals surface area contributed by atoms with Crippen molar-refractivity contribution in [3.8, 4) is 0 Å². The number of hydrogen-bond donors (Lipinski definition) is 3. The summed E-state index contributed by atoms with van der Waals surface area (Å²) in [7, 11) is 0. The third-order valence-electron chi connectivity index (χ3n) is 3.07. The van der Waals surface area contributed by atoms with Crippen LogP contribution in [0.15, 0.2) is 12.1 Å². The lowest BCUT2D eigenvalue weighted by molar-refractivity contribution is 0.0689. The van der Waals surface area contributed by atoms with Crippen molar-refractivity contribution in [1.29, 1.82) is 0 Å². The second-order valence-electron chi connectivity index (χ2n) is 4.51. The summed E-state index contributed by atoms with van der Waals surface area (Å²) in [5.41, 5.74) is -1.85. The fraction of sp³-hybridized carbons (Fsp3) is 0.333. The van der Waals surface area contributed by atoms with Gasteiger partial charge in [-0.05, 0) is 25.0 Å². The molecule has 0 aromatic heterocycles. The molecule has 0 atom stereocenters. The zero-order chi connectivity index (χ0) is 14.2. The number of amides is 1. The Labute approximate surface area is 106 Å². The number of halogens is 2. The van der Waals surface area contributed by atoms with Crippen LogP contribution in [-0.4, -0.2) is 34.2 Å². The molecule has 0 spiro atoms. The molecule has 0 unspecified atom stereocenters. The summed E-state index contributed by atoms with van der Waals surface area (Å²) in [6.07, 6.45) is 1.11. The molecule has 1 aliphatic carbocycles. The molecule has 3 N–H and O–H groups in total. The molecule has 0 radical (unpaired) electrons. The quantitative estimate of drug-likeness (QED) is 0.760. The molecule has 2 rings (SSSR count). The van der Waals surface area contributed by atoms with E-state index in [1.54, 1.807) is 0 Å². The number of nitrogens with one attached hydrogen (secondary N) is 1. The van der Waals surface area contributed by atoms with Gasteiger partial charge in [0.05, 0.1) is 23.3 Å². The first kappa shape index (κ1) is 13.4. The van der Waals surface area contributed by atoms with Crippen molar-refractivity contribution in [2.24, 2.45) is 0 Å².